The lowest BCUT2D eigenvalue weighted by atomic mass is 9.68. The van der Waals surface area contributed by atoms with Gasteiger partial charge in [0.1, 0.15) is 0 Å². The predicted molar refractivity (Wildman–Crippen MR) is 98.1 cm³/mol. The highest BCUT2D eigenvalue weighted by molar-refractivity contribution is 7.89. The molecule has 136 valence electrons. The molecule has 2 atom stereocenters. The summed E-state index contributed by atoms with van der Waals surface area (Å²) in [5.74, 6) is 2.32. The topological polar surface area (TPSA) is 66.5 Å². The molecule has 2 amide bonds. The van der Waals surface area contributed by atoms with Crippen LogP contribution in [0.2, 0.25) is 0 Å². The van der Waals surface area contributed by atoms with Crippen molar-refractivity contribution < 1.29 is 13.2 Å². The molecule has 5 rings (SSSR count). The minimum Gasteiger partial charge on any atom is -0.321 e. The van der Waals surface area contributed by atoms with Crippen LogP contribution in [0.15, 0.2) is 24.3 Å². The summed E-state index contributed by atoms with van der Waals surface area (Å²) in [7, 11) is -3.04. The van der Waals surface area contributed by atoms with Gasteiger partial charge in [0.25, 0.3) is 0 Å². The lowest BCUT2D eigenvalue weighted by Gasteiger charge is -2.38. The molecule has 1 aromatic rings. The third kappa shape index (κ3) is 3.84. The van der Waals surface area contributed by atoms with Gasteiger partial charge >= 0.3 is 6.03 Å². The molecule has 2 unspecified atom stereocenters. The molecule has 4 aliphatic rings. The fourth-order valence-corrected chi connectivity index (χ4v) is 6.01. The second-order valence-corrected chi connectivity index (χ2v) is 10.4. The molecule has 2 saturated carbocycles. The van der Waals surface area contributed by atoms with Gasteiger partial charge < -0.3 is 10.2 Å². The number of anilines is 1. The molecule has 4 bridgehead atoms. The SMILES string of the molecule is CS(=O)(=O)Cc1ccc(NC(=O)N2CC3CC4CC(C3)CC2C4)cc1. The van der Waals surface area contributed by atoms with Gasteiger partial charge in [-0.3, -0.25) is 0 Å². The minimum absolute atomic E-state index is 0.00550. The third-order valence-electron chi connectivity index (χ3n) is 6.00. The summed E-state index contributed by atoms with van der Waals surface area (Å²) in [6, 6.07) is 7.51. The number of carbonyl (C=O) groups is 1. The van der Waals surface area contributed by atoms with E-state index in [1.807, 2.05) is 0 Å². The maximum atomic E-state index is 12.8. The number of hydrogen-bond acceptors (Lipinski definition) is 3. The normalized spacial score (nSPS) is 31.0. The second-order valence-electron chi connectivity index (χ2n) is 8.28. The van der Waals surface area contributed by atoms with Crippen molar-refractivity contribution in [3.63, 3.8) is 0 Å². The lowest BCUT2D eigenvalue weighted by Crippen LogP contribution is -2.44. The van der Waals surface area contributed by atoms with Crippen LogP contribution in [0.1, 0.15) is 37.7 Å². The molecule has 0 radical (unpaired) electrons. The van der Waals surface area contributed by atoms with E-state index in [4.69, 9.17) is 0 Å². The van der Waals surface area contributed by atoms with Crippen LogP contribution in [0.4, 0.5) is 10.5 Å². The van der Waals surface area contributed by atoms with Crippen molar-refractivity contribution in [2.45, 2.75) is 43.9 Å². The molecule has 5 nitrogen and oxygen atoms in total. The zero-order valence-corrected chi connectivity index (χ0v) is 15.5. The van der Waals surface area contributed by atoms with Crippen LogP contribution >= 0.6 is 0 Å². The van der Waals surface area contributed by atoms with Crippen molar-refractivity contribution in [3.05, 3.63) is 29.8 Å². The number of sulfone groups is 1. The highest BCUT2D eigenvalue weighted by Crippen LogP contribution is 2.47. The maximum Gasteiger partial charge on any atom is 0.322 e. The quantitative estimate of drug-likeness (QED) is 0.897. The van der Waals surface area contributed by atoms with Gasteiger partial charge in [0, 0.05) is 24.5 Å². The van der Waals surface area contributed by atoms with Crippen molar-refractivity contribution in [1.82, 2.24) is 4.90 Å². The van der Waals surface area contributed by atoms with Gasteiger partial charge in [0.05, 0.1) is 5.75 Å². The Kier molecular flexibility index (Phi) is 4.26. The minimum atomic E-state index is -3.04. The smallest absolute Gasteiger partial charge is 0.321 e. The summed E-state index contributed by atoms with van der Waals surface area (Å²) in [4.78, 5) is 14.9. The van der Waals surface area contributed by atoms with Crippen LogP contribution in [-0.2, 0) is 15.6 Å². The first-order chi connectivity index (χ1) is 11.9. The number of fused-ring (bicyclic) bond motifs is 1. The fraction of sp³-hybridized carbons (Fsp3) is 0.632. The molecule has 0 spiro atoms. The Bertz CT molecular complexity index is 745. The highest BCUT2D eigenvalue weighted by atomic mass is 32.2. The van der Waals surface area contributed by atoms with E-state index in [2.05, 4.69) is 10.2 Å². The molecule has 1 N–H and O–H groups in total. The molecule has 4 fully saturated rings. The molecule has 2 saturated heterocycles. The van der Waals surface area contributed by atoms with Crippen LogP contribution < -0.4 is 5.32 Å². The van der Waals surface area contributed by atoms with E-state index in [9.17, 15) is 13.2 Å². The van der Waals surface area contributed by atoms with Gasteiger partial charge in [-0.05, 0) is 67.6 Å². The van der Waals surface area contributed by atoms with Crippen molar-refractivity contribution in [3.8, 4) is 0 Å². The Labute approximate surface area is 149 Å². The number of rotatable bonds is 3. The lowest BCUT2D eigenvalue weighted by molar-refractivity contribution is 0.136. The number of hydrogen-bond donors (Lipinski definition) is 1. The standard InChI is InChI=1S/C19H26N2O3S/c1-25(23,24)12-13-2-4-17(5-3-13)20-19(22)21-11-16-7-14-6-15(8-16)10-18(21)9-14/h2-5,14-16,18H,6-12H2,1H3,(H,20,22). The van der Waals surface area contributed by atoms with Crippen molar-refractivity contribution in [1.29, 1.82) is 0 Å². The second kappa shape index (κ2) is 6.31. The van der Waals surface area contributed by atoms with E-state index < -0.39 is 9.84 Å². The van der Waals surface area contributed by atoms with Gasteiger partial charge in [-0.1, -0.05) is 12.1 Å². The molecule has 0 aromatic heterocycles. The average molecular weight is 362 g/mol. The van der Waals surface area contributed by atoms with Crippen molar-refractivity contribution >= 4 is 21.6 Å². The number of urea groups is 1. The largest absolute Gasteiger partial charge is 0.322 e. The number of benzene rings is 1. The Balaban J connectivity index is 1.43. The monoisotopic (exact) mass is 362 g/mol. The van der Waals surface area contributed by atoms with Gasteiger partial charge in [-0.2, -0.15) is 0 Å². The maximum absolute atomic E-state index is 12.8. The van der Waals surface area contributed by atoms with Crippen LogP contribution in [-0.4, -0.2) is 38.2 Å². The Morgan fingerprint density at radius 2 is 1.64 bits per heavy atom. The van der Waals surface area contributed by atoms with Gasteiger partial charge in [0.2, 0.25) is 0 Å². The predicted octanol–water partition coefficient (Wildman–Crippen LogP) is 3.27. The first-order valence-electron chi connectivity index (χ1n) is 9.20. The van der Waals surface area contributed by atoms with E-state index in [1.54, 1.807) is 24.3 Å². The number of carbonyl (C=O) groups excluding carboxylic acids is 1. The van der Waals surface area contributed by atoms with Crippen LogP contribution in [0.3, 0.4) is 0 Å². The Morgan fingerprint density at radius 1 is 1.04 bits per heavy atom. The summed E-state index contributed by atoms with van der Waals surface area (Å²) in [5.41, 5.74) is 1.47. The molecule has 2 aliphatic heterocycles. The molecule has 6 heteroatoms. The summed E-state index contributed by atoms with van der Waals surface area (Å²) in [6.07, 6.45) is 7.49. The van der Waals surface area contributed by atoms with Gasteiger partial charge in [0.15, 0.2) is 9.84 Å². The Morgan fingerprint density at radius 3 is 2.24 bits per heavy atom. The van der Waals surface area contributed by atoms with Crippen LogP contribution in [0.5, 0.6) is 0 Å². The third-order valence-corrected chi connectivity index (χ3v) is 6.86. The molecule has 2 heterocycles. The molecular formula is C19H26N2O3S. The first kappa shape index (κ1) is 16.9. The summed E-state index contributed by atoms with van der Waals surface area (Å²) in [6.45, 7) is 0.885. The van der Waals surface area contributed by atoms with Crippen LogP contribution in [0.25, 0.3) is 0 Å². The van der Waals surface area contributed by atoms with Crippen molar-refractivity contribution in [2.24, 2.45) is 17.8 Å². The summed E-state index contributed by atoms with van der Waals surface area (Å²) < 4.78 is 22.7. The average Bonchev–Trinajstić information content (AvgIpc) is 2.71. The zero-order chi connectivity index (χ0) is 17.6. The van der Waals surface area contributed by atoms with Crippen molar-refractivity contribution in [2.75, 3.05) is 18.1 Å². The molecular weight excluding hydrogens is 336 g/mol. The number of nitrogens with one attached hydrogen (secondary N) is 1. The van der Waals surface area contributed by atoms with E-state index in [-0.39, 0.29) is 11.8 Å². The zero-order valence-electron chi connectivity index (χ0n) is 14.6. The van der Waals surface area contributed by atoms with Gasteiger partial charge in [-0.25, -0.2) is 13.2 Å². The number of amides is 2. The summed E-state index contributed by atoms with van der Waals surface area (Å²) >= 11 is 0. The van der Waals surface area contributed by atoms with Crippen LogP contribution in [0, 0.1) is 17.8 Å². The summed E-state index contributed by atoms with van der Waals surface area (Å²) in [5, 5.41) is 3.01. The Hall–Kier alpha value is -1.56. The van der Waals surface area contributed by atoms with E-state index >= 15 is 0 Å². The van der Waals surface area contributed by atoms with E-state index in [0.717, 1.165) is 42.5 Å². The first-order valence-corrected chi connectivity index (χ1v) is 11.3. The highest BCUT2D eigenvalue weighted by Gasteiger charge is 2.44. The molecule has 1 aromatic carbocycles. The number of nitrogens with zero attached hydrogens (tertiary/aromatic N) is 1. The van der Waals surface area contributed by atoms with E-state index in [0.29, 0.717) is 12.0 Å². The fourth-order valence-electron chi connectivity index (χ4n) is 5.22. The van der Waals surface area contributed by atoms with Gasteiger partial charge in [-0.15, -0.1) is 0 Å². The molecule has 25 heavy (non-hydrogen) atoms. The molecule has 2 aliphatic carbocycles. The van der Waals surface area contributed by atoms with E-state index in [1.165, 1.54) is 25.5 Å².